The molecular weight excluding hydrogens is 382 g/mol. The van der Waals surface area contributed by atoms with E-state index in [0.717, 1.165) is 26.2 Å². The van der Waals surface area contributed by atoms with E-state index in [4.69, 9.17) is 0 Å². The molecule has 4 nitrogen and oxygen atoms in total. The zero-order valence-electron chi connectivity index (χ0n) is 11.6. The Morgan fingerprint density at radius 2 is 2.18 bits per heavy atom. The highest BCUT2D eigenvalue weighted by atomic mass is 79.9. The highest BCUT2D eigenvalue weighted by Crippen LogP contribution is 2.25. The minimum absolute atomic E-state index is 0.128. The fraction of sp³-hybridized carbons (Fsp3) is 0.200. The Hall–Kier alpha value is -1.31. The third-order valence-electron chi connectivity index (χ3n) is 3.09. The molecule has 1 aromatic carbocycles. The molecule has 0 aliphatic carbocycles. The number of para-hydroxylation sites is 1. The SMILES string of the molecule is O=C(NCCSCc1ccc(Br)s1)c1n[nH]c2ccccc12. The summed E-state index contributed by atoms with van der Waals surface area (Å²) >= 11 is 7.01. The summed E-state index contributed by atoms with van der Waals surface area (Å²) in [4.78, 5) is 13.5. The molecule has 0 saturated heterocycles. The summed E-state index contributed by atoms with van der Waals surface area (Å²) in [6.07, 6.45) is 0. The Morgan fingerprint density at radius 1 is 1.32 bits per heavy atom. The second-order valence-corrected chi connectivity index (χ2v) is 8.28. The number of thiophene rings is 1. The van der Waals surface area contributed by atoms with Crippen molar-refractivity contribution in [2.75, 3.05) is 12.3 Å². The fourth-order valence-corrected chi connectivity index (χ4v) is 4.51. The number of halogens is 1. The van der Waals surface area contributed by atoms with E-state index in [-0.39, 0.29) is 5.91 Å². The van der Waals surface area contributed by atoms with Gasteiger partial charge in [0.25, 0.3) is 5.91 Å². The summed E-state index contributed by atoms with van der Waals surface area (Å²) in [5, 5.41) is 10.8. The lowest BCUT2D eigenvalue weighted by Crippen LogP contribution is -2.26. The molecule has 3 aromatic rings. The van der Waals surface area contributed by atoms with Crippen LogP contribution in [0, 0.1) is 0 Å². The standard InChI is InChI=1S/C15H14BrN3OS2/c16-13-6-5-10(22-13)9-21-8-7-17-15(20)14-11-3-1-2-4-12(11)18-19-14/h1-6H,7-9H2,(H,17,20)(H,18,19). The number of hydrogen-bond acceptors (Lipinski definition) is 4. The normalized spacial score (nSPS) is 11.0. The number of carbonyl (C=O) groups is 1. The molecule has 1 amide bonds. The molecule has 0 aliphatic heterocycles. The second-order valence-electron chi connectivity index (χ2n) is 4.63. The molecule has 2 N–H and O–H groups in total. The lowest BCUT2D eigenvalue weighted by Gasteiger charge is -2.03. The predicted molar refractivity (Wildman–Crippen MR) is 96.6 cm³/mol. The highest BCUT2D eigenvalue weighted by Gasteiger charge is 2.12. The number of H-pyrrole nitrogens is 1. The van der Waals surface area contributed by atoms with Gasteiger partial charge in [-0.2, -0.15) is 16.9 Å². The first kappa shape index (κ1) is 15.6. The van der Waals surface area contributed by atoms with Gasteiger partial charge in [0, 0.05) is 28.3 Å². The van der Waals surface area contributed by atoms with Crippen molar-refractivity contribution in [2.24, 2.45) is 0 Å². The third-order valence-corrected chi connectivity index (χ3v) is 5.90. The number of aromatic amines is 1. The Morgan fingerprint density at radius 3 is 3.00 bits per heavy atom. The van der Waals surface area contributed by atoms with Crippen molar-refractivity contribution in [3.63, 3.8) is 0 Å². The Bertz CT molecular complexity index is 784. The summed E-state index contributed by atoms with van der Waals surface area (Å²) in [5.74, 6) is 1.72. The number of benzene rings is 1. The van der Waals surface area contributed by atoms with E-state index in [9.17, 15) is 4.79 Å². The number of nitrogens with zero attached hydrogens (tertiary/aromatic N) is 1. The predicted octanol–water partition coefficient (Wildman–Crippen LogP) is 4.05. The van der Waals surface area contributed by atoms with Gasteiger partial charge in [0.1, 0.15) is 0 Å². The quantitative estimate of drug-likeness (QED) is 0.618. The summed E-state index contributed by atoms with van der Waals surface area (Å²) < 4.78 is 1.15. The number of hydrogen-bond donors (Lipinski definition) is 2. The van der Waals surface area contributed by atoms with Gasteiger partial charge < -0.3 is 5.32 Å². The molecule has 114 valence electrons. The van der Waals surface area contributed by atoms with Gasteiger partial charge in [-0.15, -0.1) is 11.3 Å². The molecule has 0 aliphatic rings. The largest absolute Gasteiger partial charge is 0.350 e. The molecule has 0 unspecified atom stereocenters. The van der Waals surface area contributed by atoms with E-state index in [2.05, 4.69) is 43.6 Å². The minimum Gasteiger partial charge on any atom is -0.350 e. The van der Waals surface area contributed by atoms with Crippen LogP contribution in [0.5, 0.6) is 0 Å². The van der Waals surface area contributed by atoms with Crippen LogP contribution in [0.4, 0.5) is 0 Å². The van der Waals surface area contributed by atoms with Crippen molar-refractivity contribution in [1.82, 2.24) is 15.5 Å². The maximum Gasteiger partial charge on any atom is 0.272 e. The second kappa shape index (κ2) is 7.30. The van der Waals surface area contributed by atoms with Gasteiger partial charge in [0.15, 0.2) is 5.69 Å². The smallest absolute Gasteiger partial charge is 0.272 e. The molecular formula is C15H14BrN3OS2. The number of aromatic nitrogens is 2. The van der Waals surface area contributed by atoms with Gasteiger partial charge in [-0.05, 0) is 34.1 Å². The lowest BCUT2D eigenvalue weighted by atomic mass is 10.2. The van der Waals surface area contributed by atoms with E-state index >= 15 is 0 Å². The van der Waals surface area contributed by atoms with Crippen molar-refractivity contribution in [2.45, 2.75) is 5.75 Å². The van der Waals surface area contributed by atoms with Crippen LogP contribution in [0.25, 0.3) is 10.9 Å². The molecule has 2 aromatic heterocycles. The van der Waals surface area contributed by atoms with E-state index in [1.165, 1.54) is 4.88 Å². The minimum atomic E-state index is -0.128. The van der Waals surface area contributed by atoms with Crippen LogP contribution in [0.15, 0.2) is 40.2 Å². The van der Waals surface area contributed by atoms with Crippen molar-refractivity contribution in [3.8, 4) is 0 Å². The van der Waals surface area contributed by atoms with Crippen LogP contribution in [0.3, 0.4) is 0 Å². The Labute approximate surface area is 144 Å². The monoisotopic (exact) mass is 395 g/mol. The molecule has 0 bridgehead atoms. The van der Waals surface area contributed by atoms with Crippen molar-refractivity contribution in [3.05, 3.63) is 50.8 Å². The van der Waals surface area contributed by atoms with Crippen molar-refractivity contribution >= 4 is 55.8 Å². The number of thioether (sulfide) groups is 1. The topological polar surface area (TPSA) is 57.8 Å². The summed E-state index contributed by atoms with van der Waals surface area (Å²) in [6.45, 7) is 0.636. The molecule has 2 heterocycles. The molecule has 22 heavy (non-hydrogen) atoms. The average Bonchev–Trinajstić information content (AvgIpc) is 3.13. The van der Waals surface area contributed by atoms with Crippen LogP contribution in [-0.4, -0.2) is 28.4 Å². The molecule has 0 saturated carbocycles. The molecule has 0 spiro atoms. The molecule has 7 heteroatoms. The number of nitrogens with one attached hydrogen (secondary N) is 2. The molecule has 0 radical (unpaired) electrons. The maximum atomic E-state index is 12.1. The van der Waals surface area contributed by atoms with Gasteiger partial charge in [0.05, 0.1) is 9.30 Å². The van der Waals surface area contributed by atoms with Crippen LogP contribution in [-0.2, 0) is 5.75 Å². The van der Waals surface area contributed by atoms with E-state index in [1.54, 1.807) is 11.3 Å². The van der Waals surface area contributed by atoms with Crippen molar-refractivity contribution in [1.29, 1.82) is 0 Å². The average molecular weight is 396 g/mol. The highest BCUT2D eigenvalue weighted by molar-refractivity contribution is 9.11. The lowest BCUT2D eigenvalue weighted by molar-refractivity contribution is 0.0953. The van der Waals surface area contributed by atoms with Gasteiger partial charge >= 0.3 is 0 Å². The zero-order valence-corrected chi connectivity index (χ0v) is 14.9. The van der Waals surface area contributed by atoms with Crippen LogP contribution < -0.4 is 5.32 Å². The molecule has 0 fully saturated rings. The number of carbonyl (C=O) groups excluding carboxylic acids is 1. The summed E-state index contributed by atoms with van der Waals surface area (Å²) in [7, 11) is 0. The van der Waals surface area contributed by atoms with Crippen LogP contribution >= 0.6 is 39.0 Å². The maximum absolute atomic E-state index is 12.1. The molecule has 3 rings (SSSR count). The zero-order chi connectivity index (χ0) is 15.4. The van der Waals surface area contributed by atoms with E-state index in [1.807, 2.05) is 36.0 Å². The number of amides is 1. The number of fused-ring (bicyclic) bond motifs is 1. The van der Waals surface area contributed by atoms with Gasteiger partial charge in [-0.1, -0.05) is 18.2 Å². The first-order valence-corrected chi connectivity index (χ1v) is 9.54. The van der Waals surface area contributed by atoms with Gasteiger partial charge in [-0.25, -0.2) is 0 Å². The Balaban J connectivity index is 1.46. The van der Waals surface area contributed by atoms with Gasteiger partial charge in [-0.3, -0.25) is 9.89 Å². The summed E-state index contributed by atoms with van der Waals surface area (Å²) in [6, 6.07) is 11.8. The third kappa shape index (κ3) is 3.71. The molecule has 0 atom stereocenters. The van der Waals surface area contributed by atoms with Gasteiger partial charge in [0.2, 0.25) is 0 Å². The van der Waals surface area contributed by atoms with Crippen molar-refractivity contribution < 1.29 is 4.79 Å². The first-order valence-electron chi connectivity index (χ1n) is 6.77. The van der Waals surface area contributed by atoms with E-state index in [0.29, 0.717) is 12.2 Å². The van der Waals surface area contributed by atoms with Crippen LogP contribution in [0.2, 0.25) is 0 Å². The van der Waals surface area contributed by atoms with Crippen LogP contribution in [0.1, 0.15) is 15.4 Å². The first-order chi connectivity index (χ1) is 10.7. The summed E-state index contributed by atoms with van der Waals surface area (Å²) in [5.41, 5.74) is 1.34. The fourth-order valence-electron chi connectivity index (χ4n) is 2.06. The van der Waals surface area contributed by atoms with E-state index < -0.39 is 0 Å². The Kier molecular flexibility index (Phi) is 5.17. The number of rotatable bonds is 6.